The number of aromatic nitrogens is 2. The Kier molecular flexibility index (Phi) is 4.92. The van der Waals surface area contributed by atoms with Gasteiger partial charge >= 0.3 is 0 Å². The van der Waals surface area contributed by atoms with E-state index in [-0.39, 0.29) is 23.9 Å². The van der Waals surface area contributed by atoms with E-state index in [0.717, 1.165) is 0 Å². The number of sulfone groups is 1. The van der Waals surface area contributed by atoms with E-state index in [0.29, 0.717) is 10.2 Å². The van der Waals surface area contributed by atoms with Gasteiger partial charge in [0, 0.05) is 12.8 Å². The molecule has 0 saturated heterocycles. The van der Waals surface area contributed by atoms with Crippen LogP contribution in [0.15, 0.2) is 15.5 Å². The Bertz CT molecular complexity index is 581. The van der Waals surface area contributed by atoms with E-state index in [1.165, 1.54) is 17.1 Å². The second-order valence-electron chi connectivity index (χ2n) is 4.27. The highest BCUT2D eigenvalue weighted by molar-refractivity contribution is 9.10. The Morgan fingerprint density at radius 3 is 2.61 bits per heavy atom. The fourth-order valence-electron chi connectivity index (χ4n) is 1.31. The molecule has 0 unspecified atom stereocenters. The van der Waals surface area contributed by atoms with Gasteiger partial charge in [0.25, 0.3) is 5.56 Å². The number of anilines is 1. The van der Waals surface area contributed by atoms with Gasteiger partial charge in [-0.2, -0.15) is 5.10 Å². The summed E-state index contributed by atoms with van der Waals surface area (Å²) in [6.07, 6.45) is 2.67. The van der Waals surface area contributed by atoms with Crippen LogP contribution in [-0.2, 0) is 9.84 Å². The van der Waals surface area contributed by atoms with Crippen molar-refractivity contribution in [3.05, 3.63) is 21.0 Å². The number of hydrogen-bond acceptors (Lipinski definition) is 5. The summed E-state index contributed by atoms with van der Waals surface area (Å²) in [6, 6.07) is -0.0288. The average Bonchev–Trinajstić information content (AvgIpc) is 2.22. The molecule has 0 fully saturated rings. The third kappa shape index (κ3) is 4.09. The Balaban J connectivity index is 2.87. The Labute approximate surface area is 114 Å². The average molecular weight is 338 g/mol. The number of nitrogens with zero attached hydrogens (tertiary/aromatic N) is 2. The van der Waals surface area contributed by atoms with Crippen LogP contribution in [0.3, 0.4) is 0 Å². The zero-order valence-corrected chi connectivity index (χ0v) is 12.9. The van der Waals surface area contributed by atoms with Gasteiger partial charge in [0.15, 0.2) is 0 Å². The van der Waals surface area contributed by atoms with Crippen LogP contribution in [0.5, 0.6) is 0 Å². The second-order valence-corrected chi connectivity index (χ2v) is 7.33. The van der Waals surface area contributed by atoms with Crippen LogP contribution >= 0.6 is 15.9 Å². The molecular weight excluding hydrogens is 322 g/mol. The zero-order chi connectivity index (χ0) is 13.9. The molecule has 0 spiro atoms. The van der Waals surface area contributed by atoms with Crippen molar-refractivity contribution in [3.8, 4) is 0 Å². The minimum Gasteiger partial charge on any atom is -0.382 e. The standard InChI is InChI=1S/C10H16BrN3O3S/c1-7(2)14-10(15)9(11)8(6-13-14)12-4-5-18(3,16)17/h6-7,12H,4-5H2,1-3H3. The maximum absolute atomic E-state index is 11.9. The molecule has 8 heteroatoms. The van der Waals surface area contributed by atoms with Gasteiger partial charge in [-0.3, -0.25) is 4.79 Å². The molecule has 0 amide bonds. The molecule has 0 aliphatic heterocycles. The molecule has 0 bridgehead atoms. The normalized spacial score (nSPS) is 11.8. The van der Waals surface area contributed by atoms with Crippen molar-refractivity contribution < 1.29 is 8.42 Å². The first-order valence-electron chi connectivity index (χ1n) is 5.41. The molecule has 18 heavy (non-hydrogen) atoms. The van der Waals surface area contributed by atoms with Crippen LogP contribution < -0.4 is 10.9 Å². The van der Waals surface area contributed by atoms with Crippen LogP contribution in [0.2, 0.25) is 0 Å². The lowest BCUT2D eigenvalue weighted by atomic mass is 10.4. The van der Waals surface area contributed by atoms with Crippen molar-refractivity contribution in [1.29, 1.82) is 0 Å². The van der Waals surface area contributed by atoms with Crippen molar-refractivity contribution in [1.82, 2.24) is 9.78 Å². The van der Waals surface area contributed by atoms with E-state index in [4.69, 9.17) is 0 Å². The molecule has 0 radical (unpaired) electrons. The number of rotatable bonds is 5. The maximum atomic E-state index is 11.9. The second kappa shape index (κ2) is 5.83. The van der Waals surface area contributed by atoms with Gasteiger partial charge in [0.05, 0.1) is 23.7 Å². The van der Waals surface area contributed by atoms with E-state index in [1.54, 1.807) is 0 Å². The summed E-state index contributed by atoms with van der Waals surface area (Å²) in [5, 5.41) is 6.89. The highest BCUT2D eigenvalue weighted by Gasteiger charge is 2.11. The summed E-state index contributed by atoms with van der Waals surface area (Å²) >= 11 is 3.19. The lowest BCUT2D eigenvalue weighted by Crippen LogP contribution is -2.26. The summed E-state index contributed by atoms with van der Waals surface area (Å²) in [6.45, 7) is 3.96. The van der Waals surface area contributed by atoms with Gasteiger partial charge in [-0.15, -0.1) is 0 Å². The van der Waals surface area contributed by atoms with Crippen LogP contribution in [0, 0.1) is 0 Å². The third-order valence-electron chi connectivity index (χ3n) is 2.22. The molecule has 1 heterocycles. The van der Waals surface area contributed by atoms with Gasteiger partial charge in [-0.05, 0) is 29.8 Å². The number of halogens is 1. The van der Waals surface area contributed by atoms with Crippen molar-refractivity contribution >= 4 is 31.5 Å². The number of nitrogens with one attached hydrogen (secondary N) is 1. The molecule has 1 rings (SSSR count). The molecule has 6 nitrogen and oxygen atoms in total. The van der Waals surface area contributed by atoms with Crippen LogP contribution in [-0.4, -0.2) is 36.8 Å². The van der Waals surface area contributed by atoms with E-state index >= 15 is 0 Å². The largest absolute Gasteiger partial charge is 0.382 e. The molecule has 0 aromatic carbocycles. The summed E-state index contributed by atoms with van der Waals surface area (Å²) in [5.74, 6) is 0.00665. The summed E-state index contributed by atoms with van der Waals surface area (Å²) in [7, 11) is -3.02. The van der Waals surface area contributed by atoms with Gasteiger partial charge < -0.3 is 5.32 Å². The van der Waals surface area contributed by atoms with Crippen molar-refractivity contribution in [3.63, 3.8) is 0 Å². The first kappa shape index (κ1) is 15.2. The topological polar surface area (TPSA) is 81.1 Å². The summed E-state index contributed by atoms with van der Waals surface area (Å²) in [5.41, 5.74) is 0.259. The lowest BCUT2D eigenvalue weighted by Gasteiger charge is -2.12. The van der Waals surface area contributed by atoms with Gasteiger partial charge in [-0.1, -0.05) is 0 Å². The predicted octanol–water partition coefficient (Wildman–Crippen LogP) is 1.04. The Hall–Kier alpha value is -0.890. The van der Waals surface area contributed by atoms with E-state index < -0.39 is 9.84 Å². The van der Waals surface area contributed by atoms with Gasteiger partial charge in [0.1, 0.15) is 14.3 Å². The first-order chi connectivity index (χ1) is 8.22. The molecule has 1 aromatic heterocycles. The molecule has 0 aliphatic carbocycles. The molecule has 0 atom stereocenters. The quantitative estimate of drug-likeness (QED) is 0.868. The number of hydrogen-bond donors (Lipinski definition) is 1. The molecule has 0 aliphatic rings. The molecular formula is C10H16BrN3O3S. The minimum atomic E-state index is -3.02. The molecule has 0 saturated carbocycles. The zero-order valence-electron chi connectivity index (χ0n) is 10.5. The summed E-state index contributed by atoms with van der Waals surface area (Å²) in [4.78, 5) is 11.9. The van der Waals surface area contributed by atoms with Crippen LogP contribution in [0.25, 0.3) is 0 Å². The third-order valence-corrected chi connectivity index (χ3v) is 3.93. The Morgan fingerprint density at radius 1 is 1.50 bits per heavy atom. The Morgan fingerprint density at radius 2 is 2.11 bits per heavy atom. The molecule has 102 valence electrons. The van der Waals surface area contributed by atoms with Gasteiger partial charge in [-0.25, -0.2) is 13.1 Å². The van der Waals surface area contributed by atoms with Crippen LogP contribution in [0.4, 0.5) is 5.69 Å². The molecule has 1 aromatic rings. The van der Waals surface area contributed by atoms with Crippen LogP contribution in [0.1, 0.15) is 19.9 Å². The molecule has 1 N–H and O–H groups in total. The predicted molar refractivity (Wildman–Crippen MR) is 74.8 cm³/mol. The van der Waals surface area contributed by atoms with Gasteiger partial charge in [0.2, 0.25) is 0 Å². The maximum Gasteiger partial charge on any atom is 0.283 e. The fraction of sp³-hybridized carbons (Fsp3) is 0.600. The van der Waals surface area contributed by atoms with E-state index in [9.17, 15) is 13.2 Å². The first-order valence-corrected chi connectivity index (χ1v) is 8.26. The van der Waals surface area contributed by atoms with E-state index in [2.05, 4.69) is 26.3 Å². The van der Waals surface area contributed by atoms with Crippen molar-refractivity contribution in [2.75, 3.05) is 23.9 Å². The smallest absolute Gasteiger partial charge is 0.283 e. The highest BCUT2D eigenvalue weighted by atomic mass is 79.9. The fourth-order valence-corrected chi connectivity index (χ4v) is 2.20. The summed E-state index contributed by atoms with van der Waals surface area (Å²) < 4.78 is 23.7. The SMILES string of the molecule is CC(C)n1ncc(NCCS(C)(=O)=O)c(Br)c1=O. The van der Waals surface area contributed by atoms with E-state index in [1.807, 2.05) is 13.8 Å². The monoisotopic (exact) mass is 337 g/mol. The highest BCUT2D eigenvalue weighted by Crippen LogP contribution is 2.16. The minimum absolute atomic E-state index is 0.00665. The lowest BCUT2D eigenvalue weighted by molar-refractivity contribution is 0.501. The van der Waals surface area contributed by atoms with Crippen molar-refractivity contribution in [2.24, 2.45) is 0 Å². The van der Waals surface area contributed by atoms with Crippen molar-refractivity contribution in [2.45, 2.75) is 19.9 Å².